The molecule has 0 fully saturated rings. The van der Waals surface area contributed by atoms with Crippen molar-refractivity contribution in [3.63, 3.8) is 0 Å². The lowest BCUT2D eigenvalue weighted by Crippen LogP contribution is -2.49. The van der Waals surface area contributed by atoms with Gasteiger partial charge in [-0.05, 0) is 23.7 Å². The molecular weight excluding hydrogens is 334 g/mol. The first-order chi connectivity index (χ1) is 10.7. The predicted molar refractivity (Wildman–Crippen MR) is 108 cm³/mol. The third-order valence-corrected chi connectivity index (χ3v) is 9.88. The van der Waals surface area contributed by atoms with Gasteiger partial charge in [0.05, 0.1) is 6.04 Å². The standard InChI is InChI=1S/C19H33NO2SSi/c1-18(2,3)23-17(21)16(22-24(7,8)19(4,5)6)15(20)14-12-10-9-11-13-14/h9-13,15-16H,20H2,1-8H3/t15-,16+/m0/s1. The van der Waals surface area contributed by atoms with Crippen molar-refractivity contribution >= 4 is 25.2 Å². The molecule has 0 saturated heterocycles. The third kappa shape index (κ3) is 6.03. The minimum absolute atomic E-state index is 0.0173. The second-order valence-electron chi connectivity index (χ2n) is 8.77. The summed E-state index contributed by atoms with van der Waals surface area (Å²) in [6, 6.07) is 9.30. The molecule has 0 heterocycles. The van der Waals surface area contributed by atoms with E-state index in [1.54, 1.807) is 0 Å². The fraction of sp³-hybridized carbons (Fsp3) is 0.632. The SMILES string of the molecule is CC(C)(C)SC(=O)[C@H](O[Si](C)(C)C(C)(C)C)[C@@H](N)c1ccccc1. The van der Waals surface area contributed by atoms with Crippen molar-refractivity contribution in [1.82, 2.24) is 0 Å². The Balaban J connectivity index is 3.15. The minimum atomic E-state index is -2.12. The monoisotopic (exact) mass is 367 g/mol. The van der Waals surface area contributed by atoms with E-state index in [9.17, 15) is 4.79 Å². The van der Waals surface area contributed by atoms with Crippen molar-refractivity contribution in [2.75, 3.05) is 0 Å². The van der Waals surface area contributed by atoms with Crippen LogP contribution < -0.4 is 5.73 Å². The molecule has 1 aromatic rings. The van der Waals surface area contributed by atoms with Crippen molar-refractivity contribution in [2.24, 2.45) is 5.73 Å². The van der Waals surface area contributed by atoms with E-state index in [0.717, 1.165) is 5.56 Å². The largest absolute Gasteiger partial charge is 0.404 e. The average Bonchev–Trinajstić information content (AvgIpc) is 2.42. The van der Waals surface area contributed by atoms with Crippen LogP contribution in [0.1, 0.15) is 53.1 Å². The minimum Gasteiger partial charge on any atom is -0.404 e. The second-order valence-corrected chi connectivity index (χ2v) is 15.4. The topological polar surface area (TPSA) is 52.3 Å². The van der Waals surface area contributed by atoms with Gasteiger partial charge >= 0.3 is 0 Å². The van der Waals surface area contributed by atoms with E-state index < -0.39 is 20.5 Å². The van der Waals surface area contributed by atoms with Gasteiger partial charge in [0.25, 0.3) is 0 Å². The predicted octanol–water partition coefficient (Wildman–Crippen LogP) is 5.14. The van der Waals surface area contributed by atoms with E-state index in [2.05, 4.69) is 33.9 Å². The molecule has 3 nitrogen and oxygen atoms in total. The summed E-state index contributed by atoms with van der Waals surface area (Å²) in [5.41, 5.74) is 7.41. The quantitative estimate of drug-likeness (QED) is 0.733. The molecule has 0 unspecified atom stereocenters. The van der Waals surface area contributed by atoms with Crippen LogP contribution in [0.2, 0.25) is 18.1 Å². The summed E-state index contributed by atoms with van der Waals surface area (Å²) >= 11 is 1.32. The highest BCUT2D eigenvalue weighted by atomic mass is 32.2. The summed E-state index contributed by atoms with van der Waals surface area (Å²) < 4.78 is 6.31. The Morgan fingerprint density at radius 2 is 1.58 bits per heavy atom. The van der Waals surface area contributed by atoms with Crippen LogP contribution in [0.25, 0.3) is 0 Å². The summed E-state index contributed by atoms with van der Waals surface area (Å²) in [6.07, 6.45) is -0.627. The number of thioether (sulfide) groups is 1. The Hall–Kier alpha value is -0.623. The van der Waals surface area contributed by atoms with E-state index in [4.69, 9.17) is 10.2 Å². The summed E-state index contributed by atoms with van der Waals surface area (Å²) in [7, 11) is -2.12. The highest BCUT2D eigenvalue weighted by Crippen LogP contribution is 2.40. The number of hydrogen-bond donors (Lipinski definition) is 1. The zero-order chi connectivity index (χ0) is 18.8. The first kappa shape index (κ1) is 21.4. The second kappa shape index (κ2) is 7.73. The van der Waals surface area contributed by atoms with Crippen LogP contribution in [-0.2, 0) is 9.22 Å². The lowest BCUT2D eigenvalue weighted by Gasteiger charge is -2.40. The Kier molecular flexibility index (Phi) is 6.90. The number of carbonyl (C=O) groups is 1. The van der Waals surface area contributed by atoms with E-state index in [1.165, 1.54) is 11.8 Å². The van der Waals surface area contributed by atoms with E-state index in [0.29, 0.717) is 0 Å². The van der Waals surface area contributed by atoms with Crippen molar-refractivity contribution in [3.05, 3.63) is 35.9 Å². The molecule has 0 bridgehead atoms. The van der Waals surface area contributed by atoms with E-state index in [-0.39, 0.29) is 14.9 Å². The van der Waals surface area contributed by atoms with Gasteiger partial charge in [0, 0.05) is 4.75 Å². The van der Waals surface area contributed by atoms with Crippen LogP contribution in [-0.4, -0.2) is 24.3 Å². The molecule has 0 aromatic heterocycles. The Morgan fingerprint density at radius 1 is 1.08 bits per heavy atom. The zero-order valence-electron chi connectivity index (χ0n) is 16.3. The molecule has 2 atom stereocenters. The molecule has 0 radical (unpaired) electrons. The van der Waals surface area contributed by atoms with Gasteiger partial charge < -0.3 is 10.2 Å². The highest BCUT2D eigenvalue weighted by molar-refractivity contribution is 8.14. The Bertz CT molecular complexity index is 547. The fourth-order valence-corrected chi connectivity index (χ4v) is 4.21. The van der Waals surface area contributed by atoms with Gasteiger partial charge in [-0.15, -0.1) is 0 Å². The maximum absolute atomic E-state index is 13.0. The van der Waals surface area contributed by atoms with Gasteiger partial charge in [-0.2, -0.15) is 0 Å². The third-order valence-electron chi connectivity index (χ3n) is 4.38. The van der Waals surface area contributed by atoms with Gasteiger partial charge in [0.2, 0.25) is 5.12 Å². The smallest absolute Gasteiger partial charge is 0.218 e. The number of carbonyl (C=O) groups excluding carboxylic acids is 1. The molecule has 0 spiro atoms. The van der Waals surface area contributed by atoms with Crippen LogP contribution in [0.5, 0.6) is 0 Å². The summed E-state index contributed by atoms with van der Waals surface area (Å²) in [5.74, 6) is 0. The van der Waals surface area contributed by atoms with Crippen molar-refractivity contribution < 1.29 is 9.22 Å². The van der Waals surface area contributed by atoms with Gasteiger partial charge in [-0.25, -0.2) is 0 Å². The average molecular weight is 368 g/mol. The molecular formula is C19H33NO2SSi. The van der Waals surface area contributed by atoms with Crippen molar-refractivity contribution in [2.45, 2.75) is 76.6 Å². The Labute approximate surface area is 152 Å². The molecule has 136 valence electrons. The first-order valence-corrected chi connectivity index (χ1v) is 12.2. The lowest BCUT2D eigenvalue weighted by molar-refractivity contribution is -0.118. The van der Waals surface area contributed by atoms with Crippen LogP contribution in [0.3, 0.4) is 0 Å². The molecule has 1 rings (SSSR count). The summed E-state index contributed by atoms with van der Waals surface area (Å²) in [4.78, 5) is 13.0. The highest BCUT2D eigenvalue weighted by Gasteiger charge is 2.43. The van der Waals surface area contributed by atoms with Crippen LogP contribution >= 0.6 is 11.8 Å². The van der Waals surface area contributed by atoms with Crippen LogP contribution in [0.4, 0.5) is 0 Å². The number of rotatable bonds is 5. The van der Waals surface area contributed by atoms with Gasteiger partial charge in [-0.1, -0.05) is 83.6 Å². The Morgan fingerprint density at radius 3 is 2.00 bits per heavy atom. The van der Waals surface area contributed by atoms with Gasteiger partial charge in [0.15, 0.2) is 8.32 Å². The molecule has 0 aliphatic heterocycles. The fourth-order valence-electron chi connectivity index (χ4n) is 1.97. The van der Waals surface area contributed by atoms with Crippen LogP contribution in [0, 0.1) is 0 Å². The molecule has 2 N–H and O–H groups in total. The molecule has 5 heteroatoms. The number of nitrogens with two attached hydrogens (primary N) is 1. The molecule has 0 saturated carbocycles. The van der Waals surface area contributed by atoms with Gasteiger partial charge in [0.1, 0.15) is 6.10 Å². The molecule has 1 aromatic carbocycles. The van der Waals surface area contributed by atoms with Gasteiger partial charge in [-0.3, -0.25) is 4.79 Å². The zero-order valence-corrected chi connectivity index (χ0v) is 18.2. The molecule has 24 heavy (non-hydrogen) atoms. The number of benzene rings is 1. The van der Waals surface area contributed by atoms with Crippen molar-refractivity contribution in [3.8, 4) is 0 Å². The van der Waals surface area contributed by atoms with E-state index in [1.807, 2.05) is 51.1 Å². The van der Waals surface area contributed by atoms with Crippen molar-refractivity contribution in [1.29, 1.82) is 0 Å². The van der Waals surface area contributed by atoms with E-state index >= 15 is 0 Å². The first-order valence-electron chi connectivity index (χ1n) is 8.46. The molecule has 0 aliphatic rings. The maximum atomic E-state index is 13.0. The summed E-state index contributed by atoms with van der Waals surface area (Å²) in [6.45, 7) is 16.9. The lowest BCUT2D eigenvalue weighted by atomic mass is 10.0. The van der Waals surface area contributed by atoms with Crippen LogP contribution in [0.15, 0.2) is 30.3 Å². The molecule has 0 aliphatic carbocycles. The summed E-state index contributed by atoms with van der Waals surface area (Å²) in [5, 5.41) is 0.0395. The normalized spacial score (nSPS) is 15.9. The molecule has 0 amide bonds. The maximum Gasteiger partial charge on any atom is 0.218 e. The number of hydrogen-bond acceptors (Lipinski definition) is 4.